The summed E-state index contributed by atoms with van der Waals surface area (Å²) in [5.74, 6) is 0.0908. The van der Waals surface area contributed by atoms with Crippen LogP contribution in [-0.4, -0.2) is 25.8 Å². The zero-order valence-electron chi connectivity index (χ0n) is 11.0. The second kappa shape index (κ2) is 6.46. The molecule has 3 aromatic rings. The van der Waals surface area contributed by atoms with Gasteiger partial charge in [-0.1, -0.05) is 11.6 Å². The molecule has 0 fully saturated rings. The summed E-state index contributed by atoms with van der Waals surface area (Å²) in [6, 6.07) is 4.97. The summed E-state index contributed by atoms with van der Waals surface area (Å²) in [5.41, 5.74) is 0.835. The first-order valence-corrected chi connectivity index (χ1v) is 7.39. The zero-order valence-corrected chi connectivity index (χ0v) is 12.6. The number of halogens is 1. The molecule has 0 bridgehead atoms. The average molecular weight is 333 g/mol. The number of nitrogens with one attached hydrogen (secondary N) is 2. The van der Waals surface area contributed by atoms with Crippen molar-refractivity contribution in [3.63, 3.8) is 0 Å². The summed E-state index contributed by atoms with van der Waals surface area (Å²) in [6.45, 7) is 0. The van der Waals surface area contributed by atoms with Crippen LogP contribution in [0.4, 0.5) is 16.8 Å². The lowest BCUT2D eigenvalue weighted by atomic mass is 10.4. The Morgan fingerprint density at radius 1 is 1.18 bits per heavy atom. The predicted molar refractivity (Wildman–Crippen MR) is 84.6 cm³/mol. The molecule has 22 heavy (non-hydrogen) atoms. The third-order valence-electron chi connectivity index (χ3n) is 2.51. The van der Waals surface area contributed by atoms with Gasteiger partial charge in [0.15, 0.2) is 5.13 Å². The van der Waals surface area contributed by atoms with Crippen molar-refractivity contribution >= 4 is 45.6 Å². The Labute approximate surface area is 134 Å². The van der Waals surface area contributed by atoms with Crippen molar-refractivity contribution in [2.45, 2.75) is 0 Å². The number of thiazole rings is 1. The lowest BCUT2D eigenvalue weighted by Gasteiger charge is -2.02. The predicted octanol–water partition coefficient (Wildman–Crippen LogP) is 2.98. The van der Waals surface area contributed by atoms with Gasteiger partial charge in [0.1, 0.15) is 10.8 Å². The van der Waals surface area contributed by atoms with E-state index in [0.717, 1.165) is 0 Å². The minimum Gasteiger partial charge on any atom is -0.319 e. The standard InChI is InChI=1S/C13H9ClN6OS/c14-10-3-2-8(6-17-10)18-11(21)9-7-22-13(19-9)20-12-15-4-1-5-16-12/h1-7H,(H,18,21)(H,15,16,19,20). The lowest BCUT2D eigenvalue weighted by molar-refractivity contribution is 0.102. The van der Waals surface area contributed by atoms with Crippen molar-refractivity contribution in [3.05, 3.63) is 53.0 Å². The van der Waals surface area contributed by atoms with E-state index in [2.05, 4.69) is 30.6 Å². The number of anilines is 3. The van der Waals surface area contributed by atoms with E-state index in [1.807, 2.05) is 0 Å². The maximum Gasteiger partial charge on any atom is 0.275 e. The van der Waals surface area contributed by atoms with Gasteiger partial charge in [0.25, 0.3) is 5.91 Å². The number of aromatic nitrogens is 4. The van der Waals surface area contributed by atoms with Crippen molar-refractivity contribution in [1.82, 2.24) is 19.9 Å². The second-order valence-corrected chi connectivity index (χ2v) is 5.30. The molecule has 0 saturated carbocycles. The van der Waals surface area contributed by atoms with Gasteiger partial charge in [-0.2, -0.15) is 0 Å². The molecule has 2 N–H and O–H groups in total. The first-order chi connectivity index (χ1) is 10.7. The summed E-state index contributed by atoms with van der Waals surface area (Å²) in [6.07, 6.45) is 4.71. The summed E-state index contributed by atoms with van der Waals surface area (Å²) in [7, 11) is 0. The highest BCUT2D eigenvalue weighted by Gasteiger charge is 2.12. The van der Waals surface area contributed by atoms with Crippen LogP contribution in [0.15, 0.2) is 42.2 Å². The Kier molecular flexibility index (Phi) is 4.22. The number of nitrogens with zero attached hydrogens (tertiary/aromatic N) is 4. The quantitative estimate of drug-likeness (QED) is 0.713. The molecule has 110 valence electrons. The monoisotopic (exact) mass is 332 g/mol. The Balaban J connectivity index is 1.67. The Hall–Kier alpha value is -2.58. The minimum absolute atomic E-state index is 0.290. The summed E-state index contributed by atoms with van der Waals surface area (Å²) < 4.78 is 0. The molecule has 0 saturated heterocycles. The van der Waals surface area contributed by atoms with Crippen LogP contribution in [0.5, 0.6) is 0 Å². The molecule has 3 heterocycles. The number of carbonyl (C=O) groups is 1. The van der Waals surface area contributed by atoms with Crippen LogP contribution >= 0.6 is 22.9 Å². The molecule has 1 amide bonds. The van der Waals surface area contributed by atoms with Crippen molar-refractivity contribution in [1.29, 1.82) is 0 Å². The minimum atomic E-state index is -0.331. The molecular weight excluding hydrogens is 324 g/mol. The largest absolute Gasteiger partial charge is 0.319 e. The van der Waals surface area contributed by atoms with Crippen LogP contribution in [0, 0.1) is 0 Å². The van der Waals surface area contributed by atoms with Crippen LogP contribution < -0.4 is 10.6 Å². The molecule has 0 aromatic carbocycles. The van der Waals surface area contributed by atoms with Gasteiger partial charge in [0, 0.05) is 17.8 Å². The number of hydrogen-bond acceptors (Lipinski definition) is 7. The highest BCUT2D eigenvalue weighted by Crippen LogP contribution is 2.19. The van der Waals surface area contributed by atoms with Gasteiger partial charge in [-0.05, 0) is 18.2 Å². The number of pyridine rings is 1. The van der Waals surface area contributed by atoms with Gasteiger partial charge >= 0.3 is 0 Å². The van der Waals surface area contributed by atoms with Crippen LogP contribution in [0.1, 0.15) is 10.5 Å². The Morgan fingerprint density at radius 3 is 2.73 bits per heavy atom. The smallest absolute Gasteiger partial charge is 0.275 e. The average Bonchev–Trinajstić information content (AvgIpc) is 2.99. The highest BCUT2D eigenvalue weighted by atomic mass is 35.5. The molecule has 0 unspecified atom stereocenters. The molecule has 0 spiro atoms. The molecule has 0 aliphatic carbocycles. The summed E-state index contributed by atoms with van der Waals surface area (Å²) in [5, 5.41) is 8.15. The van der Waals surface area contributed by atoms with Crippen molar-refractivity contribution in [2.75, 3.05) is 10.6 Å². The van der Waals surface area contributed by atoms with Gasteiger partial charge in [-0.3, -0.25) is 4.79 Å². The van der Waals surface area contributed by atoms with E-state index in [1.54, 1.807) is 36.0 Å². The number of amides is 1. The molecule has 0 aliphatic heterocycles. The number of rotatable bonds is 4. The van der Waals surface area contributed by atoms with E-state index in [4.69, 9.17) is 11.6 Å². The summed E-state index contributed by atoms with van der Waals surface area (Å²) >= 11 is 6.98. The maximum atomic E-state index is 12.1. The van der Waals surface area contributed by atoms with Crippen LogP contribution in [0.2, 0.25) is 5.15 Å². The van der Waals surface area contributed by atoms with Gasteiger partial charge < -0.3 is 10.6 Å². The highest BCUT2D eigenvalue weighted by molar-refractivity contribution is 7.14. The molecule has 3 aromatic heterocycles. The van der Waals surface area contributed by atoms with Gasteiger partial charge in [0.2, 0.25) is 5.95 Å². The fourth-order valence-corrected chi connectivity index (χ4v) is 2.34. The molecule has 0 atom stereocenters. The van der Waals surface area contributed by atoms with Crippen molar-refractivity contribution in [3.8, 4) is 0 Å². The molecule has 0 radical (unpaired) electrons. The van der Waals surface area contributed by atoms with Crippen LogP contribution in [0.25, 0.3) is 0 Å². The third-order valence-corrected chi connectivity index (χ3v) is 3.49. The third kappa shape index (κ3) is 3.54. The fraction of sp³-hybridized carbons (Fsp3) is 0. The molecule has 7 nitrogen and oxygen atoms in total. The maximum absolute atomic E-state index is 12.1. The first-order valence-electron chi connectivity index (χ1n) is 6.13. The van der Waals surface area contributed by atoms with E-state index in [1.165, 1.54) is 17.5 Å². The van der Waals surface area contributed by atoms with Crippen molar-refractivity contribution in [2.24, 2.45) is 0 Å². The zero-order chi connectivity index (χ0) is 15.4. The van der Waals surface area contributed by atoms with Gasteiger partial charge in [-0.15, -0.1) is 11.3 Å². The van der Waals surface area contributed by atoms with E-state index in [9.17, 15) is 4.79 Å². The van der Waals surface area contributed by atoms with E-state index < -0.39 is 0 Å². The summed E-state index contributed by atoms with van der Waals surface area (Å²) in [4.78, 5) is 28.2. The molecule has 0 aliphatic rings. The second-order valence-electron chi connectivity index (χ2n) is 4.06. The van der Waals surface area contributed by atoms with Crippen molar-refractivity contribution < 1.29 is 4.79 Å². The normalized spacial score (nSPS) is 10.2. The SMILES string of the molecule is O=C(Nc1ccc(Cl)nc1)c1csc(Nc2ncccn2)n1. The van der Waals surface area contributed by atoms with E-state index in [-0.39, 0.29) is 5.91 Å². The Bertz CT molecular complexity index is 777. The first kappa shape index (κ1) is 14.4. The Morgan fingerprint density at radius 2 is 2.00 bits per heavy atom. The van der Waals surface area contributed by atoms with Gasteiger partial charge in [-0.25, -0.2) is 19.9 Å². The van der Waals surface area contributed by atoms with E-state index in [0.29, 0.717) is 27.6 Å². The number of hydrogen-bond donors (Lipinski definition) is 2. The van der Waals surface area contributed by atoms with Crippen LogP contribution in [0.3, 0.4) is 0 Å². The van der Waals surface area contributed by atoms with E-state index >= 15 is 0 Å². The molecular formula is C13H9ClN6OS. The number of carbonyl (C=O) groups excluding carboxylic acids is 1. The van der Waals surface area contributed by atoms with Crippen LogP contribution in [-0.2, 0) is 0 Å². The molecule has 9 heteroatoms. The fourth-order valence-electron chi connectivity index (χ4n) is 1.54. The molecule has 3 rings (SSSR count). The van der Waals surface area contributed by atoms with Gasteiger partial charge in [0.05, 0.1) is 11.9 Å². The topological polar surface area (TPSA) is 92.7 Å². The lowest BCUT2D eigenvalue weighted by Crippen LogP contribution is -2.12.